The Morgan fingerprint density at radius 2 is 2.57 bits per heavy atom. The first-order chi connectivity index (χ1) is 6.72. The number of alkyl carbamates (subject to hydrolysis) is 1. The van der Waals surface area contributed by atoms with Gasteiger partial charge >= 0.3 is 6.09 Å². The fraction of sp³-hybridized carbons (Fsp3) is 0.556. The van der Waals surface area contributed by atoms with Gasteiger partial charge in [0.15, 0.2) is 0 Å². The van der Waals surface area contributed by atoms with Gasteiger partial charge in [0.25, 0.3) is 0 Å². The molecule has 0 aromatic carbocycles. The van der Waals surface area contributed by atoms with Crippen molar-refractivity contribution < 1.29 is 9.53 Å². The molecule has 78 valence electrons. The summed E-state index contributed by atoms with van der Waals surface area (Å²) in [7, 11) is 0. The number of thiazole rings is 1. The van der Waals surface area contributed by atoms with Crippen LogP contribution in [-0.2, 0) is 11.3 Å². The number of nitrogens with zero attached hydrogens (tertiary/aromatic N) is 1. The molecule has 1 aromatic rings. The molecule has 0 bridgehead atoms. The normalized spacial score (nSPS) is 12.1. The van der Waals surface area contributed by atoms with Crippen LogP contribution in [0.4, 0.5) is 4.79 Å². The van der Waals surface area contributed by atoms with E-state index in [-0.39, 0.29) is 12.1 Å². The van der Waals surface area contributed by atoms with Gasteiger partial charge < -0.3 is 10.1 Å². The summed E-state index contributed by atoms with van der Waals surface area (Å²) < 4.78 is 4.98. The minimum Gasteiger partial charge on any atom is -0.444 e. The first kappa shape index (κ1) is 11.0. The van der Waals surface area contributed by atoms with E-state index < -0.39 is 0 Å². The molecule has 1 N–H and O–H groups in total. The molecule has 1 atom stereocenters. The standard InChI is InChI=1S/C9H14N2O2S/c1-3-7(2)11-9(12)13-5-8-4-10-6-14-8/h4,6-7H,3,5H2,1-2H3,(H,11,12). The predicted molar refractivity (Wildman–Crippen MR) is 55.2 cm³/mol. The fourth-order valence-corrected chi connectivity index (χ4v) is 1.30. The van der Waals surface area contributed by atoms with Gasteiger partial charge in [-0.2, -0.15) is 0 Å². The summed E-state index contributed by atoms with van der Waals surface area (Å²) in [6, 6.07) is 0.156. The van der Waals surface area contributed by atoms with Crippen molar-refractivity contribution in [2.24, 2.45) is 0 Å². The average molecular weight is 214 g/mol. The molecule has 0 fully saturated rings. The monoisotopic (exact) mass is 214 g/mol. The second-order valence-electron chi connectivity index (χ2n) is 3.00. The van der Waals surface area contributed by atoms with E-state index in [2.05, 4.69) is 10.3 Å². The predicted octanol–water partition coefficient (Wildman–Crippen LogP) is 2.17. The lowest BCUT2D eigenvalue weighted by Crippen LogP contribution is -2.32. The number of hydrogen-bond acceptors (Lipinski definition) is 4. The van der Waals surface area contributed by atoms with E-state index in [1.54, 1.807) is 11.7 Å². The number of ether oxygens (including phenoxy) is 1. The number of aromatic nitrogens is 1. The third-order valence-electron chi connectivity index (χ3n) is 1.81. The number of rotatable bonds is 4. The maximum Gasteiger partial charge on any atom is 0.407 e. The summed E-state index contributed by atoms with van der Waals surface area (Å²) in [5, 5.41) is 2.72. The Bertz CT molecular complexity index is 274. The second-order valence-corrected chi connectivity index (χ2v) is 3.97. The molecule has 0 spiro atoms. The maximum atomic E-state index is 11.2. The molecular formula is C9H14N2O2S. The van der Waals surface area contributed by atoms with Crippen LogP contribution in [0.25, 0.3) is 0 Å². The molecule has 0 saturated carbocycles. The van der Waals surface area contributed by atoms with Crippen molar-refractivity contribution in [1.82, 2.24) is 10.3 Å². The largest absolute Gasteiger partial charge is 0.444 e. The van der Waals surface area contributed by atoms with Crippen LogP contribution in [0.3, 0.4) is 0 Å². The maximum absolute atomic E-state index is 11.2. The molecule has 0 aliphatic heterocycles. The van der Waals surface area contributed by atoms with Crippen LogP contribution in [0.15, 0.2) is 11.7 Å². The molecule has 0 aliphatic carbocycles. The lowest BCUT2D eigenvalue weighted by molar-refractivity contribution is 0.137. The summed E-state index contributed by atoms with van der Waals surface area (Å²) in [6.07, 6.45) is 2.23. The van der Waals surface area contributed by atoms with Crippen LogP contribution < -0.4 is 5.32 Å². The average Bonchev–Trinajstić information content (AvgIpc) is 2.67. The van der Waals surface area contributed by atoms with Crippen molar-refractivity contribution in [2.45, 2.75) is 32.9 Å². The van der Waals surface area contributed by atoms with Crippen LogP contribution in [0.1, 0.15) is 25.1 Å². The van der Waals surface area contributed by atoms with Crippen molar-refractivity contribution in [3.8, 4) is 0 Å². The fourth-order valence-electron chi connectivity index (χ4n) is 0.795. The third kappa shape index (κ3) is 3.74. The molecular weight excluding hydrogens is 200 g/mol. The molecule has 1 unspecified atom stereocenters. The summed E-state index contributed by atoms with van der Waals surface area (Å²) in [6.45, 7) is 4.25. The van der Waals surface area contributed by atoms with E-state index in [0.717, 1.165) is 11.3 Å². The van der Waals surface area contributed by atoms with E-state index in [1.807, 2.05) is 13.8 Å². The molecule has 1 aromatic heterocycles. The Morgan fingerprint density at radius 1 is 1.79 bits per heavy atom. The van der Waals surface area contributed by atoms with E-state index in [0.29, 0.717) is 6.61 Å². The molecule has 4 nitrogen and oxygen atoms in total. The third-order valence-corrected chi connectivity index (χ3v) is 2.56. The highest BCUT2D eigenvalue weighted by atomic mass is 32.1. The Labute approximate surface area is 87.3 Å². The Morgan fingerprint density at radius 3 is 3.14 bits per heavy atom. The van der Waals surface area contributed by atoms with E-state index in [9.17, 15) is 4.79 Å². The summed E-state index contributed by atoms with van der Waals surface area (Å²) in [5.74, 6) is 0. The second kappa shape index (κ2) is 5.59. The van der Waals surface area contributed by atoms with Gasteiger partial charge in [-0.1, -0.05) is 6.92 Å². The van der Waals surface area contributed by atoms with Crippen molar-refractivity contribution in [2.75, 3.05) is 0 Å². The molecule has 1 heterocycles. The van der Waals surface area contributed by atoms with Gasteiger partial charge in [-0.25, -0.2) is 4.79 Å². The number of amides is 1. The number of carbonyl (C=O) groups is 1. The number of hydrogen-bond donors (Lipinski definition) is 1. The van der Waals surface area contributed by atoms with Crippen molar-refractivity contribution in [3.05, 3.63) is 16.6 Å². The van der Waals surface area contributed by atoms with E-state index in [1.165, 1.54) is 11.3 Å². The SMILES string of the molecule is CCC(C)NC(=O)OCc1cncs1. The van der Waals surface area contributed by atoms with E-state index >= 15 is 0 Å². The van der Waals surface area contributed by atoms with E-state index in [4.69, 9.17) is 4.74 Å². The first-order valence-electron chi connectivity index (χ1n) is 4.53. The Hall–Kier alpha value is -1.10. The topological polar surface area (TPSA) is 51.2 Å². The van der Waals surface area contributed by atoms with Crippen LogP contribution in [0, 0.1) is 0 Å². The molecule has 1 rings (SSSR count). The van der Waals surface area contributed by atoms with Gasteiger partial charge in [-0.3, -0.25) is 4.98 Å². The molecule has 1 amide bonds. The number of nitrogens with one attached hydrogen (secondary N) is 1. The smallest absolute Gasteiger partial charge is 0.407 e. The lowest BCUT2D eigenvalue weighted by Gasteiger charge is -2.10. The Balaban J connectivity index is 2.22. The zero-order valence-electron chi connectivity index (χ0n) is 8.32. The highest BCUT2D eigenvalue weighted by Gasteiger charge is 2.06. The van der Waals surface area contributed by atoms with Gasteiger partial charge in [-0.05, 0) is 13.3 Å². The van der Waals surface area contributed by atoms with Gasteiger partial charge in [0.05, 0.1) is 10.4 Å². The molecule has 0 aliphatic rings. The van der Waals surface area contributed by atoms with Gasteiger partial charge in [0.1, 0.15) is 6.61 Å². The molecule has 0 saturated heterocycles. The minimum absolute atomic E-state index is 0.156. The summed E-state index contributed by atoms with van der Waals surface area (Å²) >= 11 is 1.47. The van der Waals surface area contributed by atoms with Gasteiger partial charge in [-0.15, -0.1) is 11.3 Å². The molecule has 14 heavy (non-hydrogen) atoms. The van der Waals surface area contributed by atoms with Crippen LogP contribution >= 0.6 is 11.3 Å². The highest BCUT2D eigenvalue weighted by Crippen LogP contribution is 2.06. The minimum atomic E-state index is -0.368. The lowest BCUT2D eigenvalue weighted by atomic mass is 10.3. The van der Waals surface area contributed by atoms with Crippen molar-refractivity contribution in [3.63, 3.8) is 0 Å². The molecule has 0 radical (unpaired) electrons. The summed E-state index contributed by atoms with van der Waals surface area (Å²) in [4.78, 5) is 16.0. The zero-order chi connectivity index (χ0) is 10.4. The van der Waals surface area contributed by atoms with Crippen molar-refractivity contribution >= 4 is 17.4 Å². The molecule has 5 heteroatoms. The van der Waals surface area contributed by atoms with Crippen LogP contribution in [-0.4, -0.2) is 17.1 Å². The van der Waals surface area contributed by atoms with Crippen LogP contribution in [0.5, 0.6) is 0 Å². The summed E-state index contributed by atoms with van der Waals surface area (Å²) in [5.41, 5.74) is 1.71. The highest BCUT2D eigenvalue weighted by molar-refractivity contribution is 7.09. The van der Waals surface area contributed by atoms with Gasteiger partial charge in [0.2, 0.25) is 0 Å². The Kier molecular flexibility index (Phi) is 4.39. The van der Waals surface area contributed by atoms with Crippen molar-refractivity contribution in [1.29, 1.82) is 0 Å². The zero-order valence-corrected chi connectivity index (χ0v) is 9.13. The quantitative estimate of drug-likeness (QED) is 0.835. The van der Waals surface area contributed by atoms with Crippen LogP contribution in [0.2, 0.25) is 0 Å². The number of carbonyl (C=O) groups excluding carboxylic acids is 1. The first-order valence-corrected chi connectivity index (χ1v) is 5.41. The van der Waals surface area contributed by atoms with Gasteiger partial charge in [0, 0.05) is 12.2 Å².